The summed E-state index contributed by atoms with van der Waals surface area (Å²) in [7, 11) is -2.06. The van der Waals surface area contributed by atoms with Crippen molar-refractivity contribution in [1.29, 1.82) is 0 Å². The quantitative estimate of drug-likeness (QED) is 0.280. The van der Waals surface area contributed by atoms with Crippen LogP contribution in [0.1, 0.15) is 70.6 Å². The minimum atomic E-state index is -2.06. The standard InChI is InChI=1S/C17H37O4P/c18-12-6-1-3-9-15-22(21,17-11-5-8-14-20)16-10-4-2-7-13-19/h18-20H,1-17H2. The van der Waals surface area contributed by atoms with E-state index >= 15 is 0 Å². The molecule has 0 atom stereocenters. The predicted octanol–water partition coefficient (Wildman–Crippen LogP) is 3.62. The summed E-state index contributed by atoms with van der Waals surface area (Å²) >= 11 is 0. The molecule has 0 radical (unpaired) electrons. The largest absolute Gasteiger partial charge is 0.396 e. The van der Waals surface area contributed by atoms with Crippen molar-refractivity contribution < 1.29 is 19.9 Å². The molecule has 0 spiro atoms. The van der Waals surface area contributed by atoms with Gasteiger partial charge in [0.2, 0.25) is 0 Å². The zero-order chi connectivity index (χ0) is 16.5. The van der Waals surface area contributed by atoms with Gasteiger partial charge in [-0.05, 0) is 38.5 Å². The normalized spacial score (nSPS) is 12.0. The van der Waals surface area contributed by atoms with Crippen LogP contribution in [0.25, 0.3) is 0 Å². The van der Waals surface area contributed by atoms with Gasteiger partial charge in [-0.1, -0.05) is 32.1 Å². The van der Waals surface area contributed by atoms with Crippen molar-refractivity contribution in [2.45, 2.75) is 70.6 Å². The molecule has 0 aromatic heterocycles. The van der Waals surface area contributed by atoms with E-state index in [0.29, 0.717) is 0 Å². The van der Waals surface area contributed by atoms with Gasteiger partial charge in [0.05, 0.1) is 7.14 Å². The van der Waals surface area contributed by atoms with Crippen LogP contribution in [-0.4, -0.2) is 53.6 Å². The van der Waals surface area contributed by atoms with Crippen molar-refractivity contribution >= 4 is 7.14 Å². The lowest BCUT2D eigenvalue weighted by atomic mass is 10.2. The maximum absolute atomic E-state index is 13.1. The minimum Gasteiger partial charge on any atom is -0.396 e. The van der Waals surface area contributed by atoms with E-state index in [-0.39, 0.29) is 19.8 Å². The van der Waals surface area contributed by atoms with E-state index in [0.717, 1.165) is 89.1 Å². The van der Waals surface area contributed by atoms with Gasteiger partial charge in [-0.15, -0.1) is 0 Å². The molecule has 0 aliphatic carbocycles. The molecule has 0 unspecified atom stereocenters. The van der Waals surface area contributed by atoms with Crippen molar-refractivity contribution in [1.82, 2.24) is 0 Å². The summed E-state index contributed by atoms with van der Waals surface area (Å²) in [4.78, 5) is 0. The average Bonchev–Trinajstić information content (AvgIpc) is 2.51. The Morgan fingerprint density at radius 2 is 0.727 bits per heavy atom. The maximum atomic E-state index is 13.1. The Morgan fingerprint density at radius 3 is 1.05 bits per heavy atom. The molecule has 4 nitrogen and oxygen atoms in total. The van der Waals surface area contributed by atoms with Gasteiger partial charge in [0.1, 0.15) is 0 Å². The van der Waals surface area contributed by atoms with Crippen LogP contribution in [0, 0.1) is 0 Å². The lowest BCUT2D eigenvalue weighted by molar-refractivity contribution is 0.283. The molecule has 0 aromatic carbocycles. The second-order valence-corrected chi connectivity index (χ2v) is 9.75. The smallest absolute Gasteiger partial charge is 0.0877 e. The number of hydrogen-bond acceptors (Lipinski definition) is 4. The monoisotopic (exact) mass is 336 g/mol. The van der Waals surface area contributed by atoms with Crippen LogP contribution in [-0.2, 0) is 4.57 Å². The summed E-state index contributed by atoms with van der Waals surface area (Å²) in [6.45, 7) is 0.736. The number of aliphatic hydroxyl groups excluding tert-OH is 3. The highest BCUT2D eigenvalue weighted by Crippen LogP contribution is 2.48. The third-order valence-corrected chi connectivity index (χ3v) is 7.57. The fourth-order valence-corrected chi connectivity index (χ4v) is 5.83. The van der Waals surface area contributed by atoms with Crippen molar-refractivity contribution in [3.8, 4) is 0 Å². The van der Waals surface area contributed by atoms with Gasteiger partial charge in [-0.3, -0.25) is 0 Å². The summed E-state index contributed by atoms with van der Waals surface area (Å²) in [5, 5.41) is 26.4. The number of rotatable bonds is 17. The number of hydrogen-bond donors (Lipinski definition) is 3. The highest BCUT2D eigenvalue weighted by Gasteiger charge is 2.20. The summed E-state index contributed by atoms with van der Waals surface area (Å²) in [6, 6.07) is 0. The van der Waals surface area contributed by atoms with Crippen LogP contribution in [0.2, 0.25) is 0 Å². The van der Waals surface area contributed by atoms with Crippen LogP contribution in [0.3, 0.4) is 0 Å². The first-order valence-electron chi connectivity index (χ1n) is 9.08. The van der Waals surface area contributed by atoms with E-state index in [9.17, 15) is 4.57 Å². The minimum absolute atomic E-state index is 0.229. The fourth-order valence-electron chi connectivity index (χ4n) is 2.75. The van der Waals surface area contributed by atoms with Crippen LogP contribution in [0.4, 0.5) is 0 Å². The molecule has 0 amide bonds. The molecule has 0 saturated carbocycles. The van der Waals surface area contributed by atoms with Crippen LogP contribution in [0.5, 0.6) is 0 Å². The molecule has 3 N–H and O–H groups in total. The third-order valence-electron chi connectivity index (χ3n) is 4.17. The van der Waals surface area contributed by atoms with Gasteiger partial charge in [0.25, 0.3) is 0 Å². The summed E-state index contributed by atoms with van der Waals surface area (Å²) < 4.78 is 13.1. The average molecular weight is 336 g/mol. The highest BCUT2D eigenvalue weighted by molar-refractivity contribution is 7.63. The molecule has 0 fully saturated rings. The molecule has 0 saturated heterocycles. The highest BCUT2D eigenvalue weighted by atomic mass is 31.2. The second kappa shape index (κ2) is 16.0. The molecule has 0 aliphatic heterocycles. The topological polar surface area (TPSA) is 77.8 Å². The van der Waals surface area contributed by atoms with E-state index in [2.05, 4.69) is 0 Å². The van der Waals surface area contributed by atoms with Gasteiger partial charge in [-0.2, -0.15) is 0 Å². The lowest BCUT2D eigenvalue weighted by Gasteiger charge is -2.18. The Hall–Kier alpha value is 0.110. The Labute approximate surface area is 136 Å². The third kappa shape index (κ3) is 13.8. The maximum Gasteiger partial charge on any atom is 0.0877 e. The predicted molar refractivity (Wildman–Crippen MR) is 94.3 cm³/mol. The van der Waals surface area contributed by atoms with Gasteiger partial charge >= 0.3 is 0 Å². The van der Waals surface area contributed by atoms with Crippen molar-refractivity contribution in [2.75, 3.05) is 38.3 Å². The van der Waals surface area contributed by atoms with E-state index in [4.69, 9.17) is 15.3 Å². The van der Waals surface area contributed by atoms with E-state index < -0.39 is 7.14 Å². The molecule has 0 heterocycles. The first kappa shape index (κ1) is 22.1. The Morgan fingerprint density at radius 1 is 0.455 bits per heavy atom. The molecule has 0 rings (SSSR count). The van der Waals surface area contributed by atoms with Gasteiger partial charge in [0.15, 0.2) is 0 Å². The molecule has 134 valence electrons. The second-order valence-electron chi connectivity index (χ2n) is 6.29. The Kier molecular flexibility index (Phi) is 16.1. The van der Waals surface area contributed by atoms with Crippen LogP contribution in [0.15, 0.2) is 0 Å². The molecular weight excluding hydrogens is 299 g/mol. The first-order chi connectivity index (χ1) is 10.7. The first-order valence-corrected chi connectivity index (χ1v) is 11.3. The lowest BCUT2D eigenvalue weighted by Crippen LogP contribution is -2.02. The van der Waals surface area contributed by atoms with Gasteiger partial charge < -0.3 is 19.9 Å². The zero-order valence-electron chi connectivity index (χ0n) is 14.2. The summed E-state index contributed by atoms with van der Waals surface area (Å²) in [6.07, 6.45) is 13.1. The molecule has 0 bridgehead atoms. The van der Waals surface area contributed by atoms with Crippen molar-refractivity contribution in [3.05, 3.63) is 0 Å². The molecular formula is C17H37O4P. The molecule has 0 aliphatic rings. The van der Waals surface area contributed by atoms with E-state index in [1.165, 1.54) is 0 Å². The van der Waals surface area contributed by atoms with E-state index in [1.54, 1.807) is 0 Å². The Bertz CT molecular complexity index is 253. The van der Waals surface area contributed by atoms with Gasteiger partial charge in [0, 0.05) is 38.3 Å². The fraction of sp³-hybridized carbons (Fsp3) is 1.00. The van der Waals surface area contributed by atoms with Crippen LogP contribution < -0.4 is 0 Å². The molecule has 22 heavy (non-hydrogen) atoms. The Balaban J connectivity index is 4.02. The van der Waals surface area contributed by atoms with Crippen molar-refractivity contribution in [3.63, 3.8) is 0 Å². The van der Waals surface area contributed by atoms with Crippen LogP contribution >= 0.6 is 7.14 Å². The zero-order valence-corrected chi connectivity index (χ0v) is 15.1. The number of unbranched alkanes of at least 4 members (excludes halogenated alkanes) is 8. The SMILES string of the molecule is O=P(CCCCCO)(CCCCCCO)CCCCCCO. The van der Waals surface area contributed by atoms with Gasteiger partial charge in [-0.25, -0.2) is 0 Å². The molecule has 0 aromatic rings. The van der Waals surface area contributed by atoms with Crippen molar-refractivity contribution in [2.24, 2.45) is 0 Å². The summed E-state index contributed by atoms with van der Waals surface area (Å²) in [5.74, 6) is 0. The molecule has 5 heteroatoms. The number of aliphatic hydroxyl groups is 3. The van der Waals surface area contributed by atoms with E-state index in [1.807, 2.05) is 0 Å². The summed E-state index contributed by atoms with van der Waals surface area (Å²) in [5.41, 5.74) is 0.